The van der Waals surface area contributed by atoms with Crippen LogP contribution in [0.1, 0.15) is 23.6 Å². The van der Waals surface area contributed by atoms with Crippen LogP contribution in [0.3, 0.4) is 0 Å². The Morgan fingerprint density at radius 3 is 2.55 bits per heavy atom. The Morgan fingerprint density at radius 2 is 1.74 bits per heavy atom. The van der Waals surface area contributed by atoms with Crippen molar-refractivity contribution in [2.75, 3.05) is 6.61 Å². The highest BCUT2D eigenvalue weighted by molar-refractivity contribution is 5.94. The molecule has 0 saturated carbocycles. The van der Waals surface area contributed by atoms with Crippen molar-refractivity contribution in [1.82, 2.24) is 0 Å². The van der Waals surface area contributed by atoms with Crippen molar-refractivity contribution < 1.29 is 18.7 Å². The van der Waals surface area contributed by atoms with Gasteiger partial charge in [-0.1, -0.05) is 42.5 Å². The molecular formula is C26H25NO4. The number of nitrogens with two attached hydrogens (primary N) is 1. The molecule has 5 nitrogen and oxygen atoms in total. The Bertz CT molecular complexity index is 1190. The maximum atomic E-state index is 11.9. The predicted octanol–water partition coefficient (Wildman–Crippen LogP) is 5.24. The molecule has 0 unspecified atom stereocenters. The first-order valence-electron chi connectivity index (χ1n) is 10.3. The van der Waals surface area contributed by atoms with Crippen LogP contribution >= 0.6 is 0 Å². The number of furan rings is 1. The summed E-state index contributed by atoms with van der Waals surface area (Å²) in [5.41, 5.74) is 11.7. The standard InChI is InChI=1S/C26H25NO4/c1-2-29-25(28)15-19-7-4-6-10-24(19)31-17-18-13-20-11-12-30-26(20)23(14-18)22-9-5-3-8-21(22)16-27/h3-14H,2,15-17,27H2,1H3. The number of carbonyl (C=O) groups is 1. The van der Waals surface area contributed by atoms with Gasteiger partial charge in [0.1, 0.15) is 17.9 Å². The Labute approximate surface area is 181 Å². The van der Waals surface area contributed by atoms with Gasteiger partial charge in [-0.05, 0) is 47.9 Å². The molecule has 5 heteroatoms. The van der Waals surface area contributed by atoms with E-state index < -0.39 is 0 Å². The number of para-hydroxylation sites is 1. The van der Waals surface area contributed by atoms with Crippen LogP contribution < -0.4 is 10.5 Å². The minimum absolute atomic E-state index is 0.180. The third-order valence-electron chi connectivity index (χ3n) is 5.15. The van der Waals surface area contributed by atoms with E-state index in [2.05, 4.69) is 18.2 Å². The molecule has 0 atom stereocenters. The third-order valence-corrected chi connectivity index (χ3v) is 5.15. The first kappa shape index (κ1) is 20.7. The summed E-state index contributed by atoms with van der Waals surface area (Å²) in [7, 11) is 0. The van der Waals surface area contributed by atoms with E-state index in [-0.39, 0.29) is 12.4 Å². The van der Waals surface area contributed by atoms with Crippen LogP contribution in [0.25, 0.3) is 22.1 Å². The van der Waals surface area contributed by atoms with E-state index >= 15 is 0 Å². The van der Waals surface area contributed by atoms with Crippen LogP contribution in [-0.2, 0) is 29.1 Å². The fraction of sp³-hybridized carbons (Fsp3) is 0.192. The number of esters is 1. The van der Waals surface area contributed by atoms with Gasteiger partial charge < -0.3 is 19.6 Å². The van der Waals surface area contributed by atoms with E-state index in [0.717, 1.165) is 38.8 Å². The van der Waals surface area contributed by atoms with Crippen LogP contribution in [0, 0.1) is 0 Å². The SMILES string of the molecule is CCOC(=O)Cc1ccccc1OCc1cc(-c2ccccc2CN)c2occc2c1. The van der Waals surface area contributed by atoms with Gasteiger partial charge in [-0.25, -0.2) is 0 Å². The van der Waals surface area contributed by atoms with Crippen molar-refractivity contribution in [3.63, 3.8) is 0 Å². The molecular weight excluding hydrogens is 390 g/mol. The van der Waals surface area contributed by atoms with E-state index in [9.17, 15) is 4.79 Å². The molecule has 0 saturated heterocycles. The van der Waals surface area contributed by atoms with Gasteiger partial charge >= 0.3 is 5.97 Å². The van der Waals surface area contributed by atoms with Gasteiger partial charge in [0.25, 0.3) is 0 Å². The lowest BCUT2D eigenvalue weighted by molar-refractivity contribution is -0.142. The summed E-state index contributed by atoms with van der Waals surface area (Å²) in [5.74, 6) is 0.408. The quantitative estimate of drug-likeness (QED) is 0.398. The van der Waals surface area contributed by atoms with Crippen molar-refractivity contribution in [2.45, 2.75) is 26.5 Å². The molecule has 0 spiro atoms. The van der Waals surface area contributed by atoms with Gasteiger partial charge in [-0.2, -0.15) is 0 Å². The van der Waals surface area contributed by atoms with E-state index in [1.54, 1.807) is 13.2 Å². The number of fused-ring (bicyclic) bond motifs is 1. The molecule has 0 aliphatic heterocycles. The number of hydrogen-bond donors (Lipinski definition) is 1. The van der Waals surface area contributed by atoms with E-state index in [1.807, 2.05) is 48.5 Å². The normalized spacial score (nSPS) is 10.9. The summed E-state index contributed by atoms with van der Waals surface area (Å²) in [4.78, 5) is 11.9. The lowest BCUT2D eigenvalue weighted by Crippen LogP contribution is -2.09. The van der Waals surface area contributed by atoms with Gasteiger partial charge in [0.05, 0.1) is 19.3 Å². The molecule has 3 aromatic carbocycles. The smallest absolute Gasteiger partial charge is 0.310 e. The van der Waals surface area contributed by atoms with Crippen LogP contribution in [0.5, 0.6) is 5.75 Å². The molecule has 1 heterocycles. The second-order valence-corrected chi connectivity index (χ2v) is 7.22. The molecule has 2 N–H and O–H groups in total. The van der Waals surface area contributed by atoms with Crippen molar-refractivity contribution in [2.24, 2.45) is 5.73 Å². The zero-order chi connectivity index (χ0) is 21.6. The Balaban J connectivity index is 1.63. The zero-order valence-electron chi connectivity index (χ0n) is 17.5. The molecule has 4 rings (SSSR count). The van der Waals surface area contributed by atoms with E-state index in [1.165, 1.54) is 0 Å². The van der Waals surface area contributed by atoms with Crippen molar-refractivity contribution in [3.8, 4) is 16.9 Å². The average Bonchev–Trinajstić information content (AvgIpc) is 3.27. The first-order valence-corrected chi connectivity index (χ1v) is 10.3. The lowest BCUT2D eigenvalue weighted by atomic mass is 9.96. The average molecular weight is 415 g/mol. The summed E-state index contributed by atoms with van der Waals surface area (Å²) >= 11 is 0. The molecule has 158 valence electrons. The highest BCUT2D eigenvalue weighted by Crippen LogP contribution is 2.33. The Hall–Kier alpha value is -3.57. The molecule has 0 fully saturated rings. The minimum atomic E-state index is -0.265. The second kappa shape index (κ2) is 9.49. The highest BCUT2D eigenvalue weighted by Gasteiger charge is 2.14. The predicted molar refractivity (Wildman–Crippen MR) is 121 cm³/mol. The third kappa shape index (κ3) is 4.62. The number of rotatable bonds is 8. The van der Waals surface area contributed by atoms with Gasteiger partial charge in [0, 0.05) is 23.1 Å². The largest absolute Gasteiger partial charge is 0.489 e. The Morgan fingerprint density at radius 1 is 0.968 bits per heavy atom. The first-order chi connectivity index (χ1) is 15.2. The summed E-state index contributed by atoms with van der Waals surface area (Å²) in [6, 6.07) is 21.7. The second-order valence-electron chi connectivity index (χ2n) is 7.22. The Kier molecular flexibility index (Phi) is 6.34. The summed E-state index contributed by atoms with van der Waals surface area (Å²) in [6.07, 6.45) is 1.87. The van der Waals surface area contributed by atoms with Crippen LogP contribution in [0.2, 0.25) is 0 Å². The molecule has 1 aromatic heterocycles. The molecule has 0 radical (unpaired) electrons. The van der Waals surface area contributed by atoms with Crippen LogP contribution in [-0.4, -0.2) is 12.6 Å². The van der Waals surface area contributed by atoms with Crippen molar-refractivity contribution in [1.29, 1.82) is 0 Å². The maximum Gasteiger partial charge on any atom is 0.310 e. The number of ether oxygens (including phenoxy) is 2. The van der Waals surface area contributed by atoms with E-state index in [4.69, 9.17) is 19.6 Å². The minimum Gasteiger partial charge on any atom is -0.489 e. The van der Waals surface area contributed by atoms with Crippen LogP contribution in [0.15, 0.2) is 77.4 Å². The van der Waals surface area contributed by atoms with Crippen molar-refractivity contribution >= 4 is 16.9 Å². The molecule has 0 aliphatic carbocycles. The number of benzene rings is 3. The number of hydrogen-bond acceptors (Lipinski definition) is 5. The lowest BCUT2D eigenvalue weighted by Gasteiger charge is -2.13. The fourth-order valence-electron chi connectivity index (χ4n) is 3.71. The van der Waals surface area contributed by atoms with Gasteiger partial charge in [0.2, 0.25) is 0 Å². The van der Waals surface area contributed by atoms with Gasteiger partial charge in [-0.3, -0.25) is 4.79 Å². The van der Waals surface area contributed by atoms with Crippen molar-refractivity contribution in [3.05, 3.63) is 89.7 Å². The monoisotopic (exact) mass is 415 g/mol. The number of carbonyl (C=O) groups excluding carboxylic acids is 1. The molecule has 0 bridgehead atoms. The van der Waals surface area contributed by atoms with Gasteiger partial charge in [0.15, 0.2) is 0 Å². The summed E-state index contributed by atoms with van der Waals surface area (Å²) < 4.78 is 17.0. The molecule has 31 heavy (non-hydrogen) atoms. The van der Waals surface area contributed by atoms with E-state index in [0.29, 0.717) is 25.5 Å². The topological polar surface area (TPSA) is 74.7 Å². The molecule has 4 aromatic rings. The molecule has 0 aliphatic rings. The zero-order valence-corrected chi connectivity index (χ0v) is 17.5. The summed E-state index contributed by atoms with van der Waals surface area (Å²) in [6.45, 7) is 2.96. The maximum absolute atomic E-state index is 11.9. The van der Waals surface area contributed by atoms with Gasteiger partial charge in [-0.15, -0.1) is 0 Å². The molecule has 0 amide bonds. The fourth-order valence-corrected chi connectivity index (χ4v) is 3.71. The summed E-state index contributed by atoms with van der Waals surface area (Å²) in [5, 5.41) is 1.00. The highest BCUT2D eigenvalue weighted by atomic mass is 16.5. The van der Waals surface area contributed by atoms with Crippen LogP contribution in [0.4, 0.5) is 0 Å².